The second-order valence-electron chi connectivity index (χ2n) is 3.17. The van der Waals surface area contributed by atoms with Gasteiger partial charge in [-0.1, -0.05) is 12.1 Å². The minimum Gasteiger partial charge on any atom is -0.339 e. The van der Waals surface area contributed by atoms with Crippen molar-refractivity contribution in [3.63, 3.8) is 0 Å². The van der Waals surface area contributed by atoms with Crippen molar-refractivity contribution in [3.8, 4) is 0 Å². The molecule has 4 heteroatoms. The predicted molar refractivity (Wildman–Crippen MR) is 57.8 cm³/mol. The number of amides is 1. The molecule has 0 aromatic heterocycles. The molecule has 0 atom stereocenters. The van der Waals surface area contributed by atoms with E-state index in [9.17, 15) is 9.59 Å². The van der Waals surface area contributed by atoms with Gasteiger partial charge in [0.05, 0.1) is 6.67 Å². The molecule has 0 heterocycles. The van der Waals surface area contributed by atoms with E-state index in [1.54, 1.807) is 31.3 Å². The lowest BCUT2D eigenvalue weighted by molar-refractivity contribution is 0.0949. The second kappa shape index (κ2) is 5.26. The average molecular weight is 206 g/mol. The van der Waals surface area contributed by atoms with E-state index in [1.165, 1.54) is 6.92 Å². The zero-order chi connectivity index (χ0) is 11.3. The van der Waals surface area contributed by atoms with Crippen LogP contribution in [0.5, 0.6) is 0 Å². The van der Waals surface area contributed by atoms with Crippen LogP contribution in [0.4, 0.5) is 0 Å². The fourth-order valence-corrected chi connectivity index (χ4v) is 1.13. The van der Waals surface area contributed by atoms with Crippen molar-refractivity contribution in [1.82, 2.24) is 10.6 Å². The molecular formula is C11H14N2O2. The molecule has 0 saturated carbocycles. The first kappa shape index (κ1) is 11.4. The maximum absolute atomic E-state index is 11.4. The van der Waals surface area contributed by atoms with Gasteiger partial charge in [-0.25, -0.2) is 0 Å². The summed E-state index contributed by atoms with van der Waals surface area (Å²) in [4.78, 5) is 22.4. The van der Waals surface area contributed by atoms with Gasteiger partial charge in [0.1, 0.15) is 0 Å². The Morgan fingerprint density at radius 1 is 1.13 bits per heavy atom. The lowest BCUT2D eigenvalue weighted by Gasteiger charge is -2.04. The number of carbonyl (C=O) groups excluding carboxylic acids is 2. The van der Waals surface area contributed by atoms with Crippen molar-refractivity contribution in [2.75, 3.05) is 13.7 Å². The molecule has 1 aromatic carbocycles. The molecule has 1 aromatic rings. The van der Waals surface area contributed by atoms with Gasteiger partial charge in [-0.3, -0.25) is 9.59 Å². The van der Waals surface area contributed by atoms with E-state index in [0.29, 0.717) is 17.8 Å². The van der Waals surface area contributed by atoms with Crippen molar-refractivity contribution in [2.24, 2.45) is 0 Å². The minimum absolute atomic E-state index is 0.00261. The van der Waals surface area contributed by atoms with Gasteiger partial charge in [0.2, 0.25) is 0 Å². The van der Waals surface area contributed by atoms with Crippen molar-refractivity contribution in [3.05, 3.63) is 35.4 Å². The van der Waals surface area contributed by atoms with Crippen LogP contribution >= 0.6 is 0 Å². The molecule has 4 nitrogen and oxygen atoms in total. The minimum atomic E-state index is -0.153. The van der Waals surface area contributed by atoms with Gasteiger partial charge in [0.25, 0.3) is 5.91 Å². The third kappa shape index (κ3) is 3.18. The maximum Gasteiger partial charge on any atom is 0.252 e. The van der Waals surface area contributed by atoms with E-state index < -0.39 is 0 Å². The highest BCUT2D eigenvalue weighted by Crippen LogP contribution is 2.04. The molecule has 0 bridgehead atoms. The number of hydrogen-bond acceptors (Lipinski definition) is 3. The molecule has 0 fully saturated rings. The lowest BCUT2D eigenvalue weighted by atomic mass is 10.1. The Morgan fingerprint density at radius 2 is 1.67 bits per heavy atom. The Labute approximate surface area is 88.7 Å². The van der Waals surface area contributed by atoms with Crippen LogP contribution in [0.3, 0.4) is 0 Å². The third-order valence-corrected chi connectivity index (χ3v) is 1.98. The molecule has 80 valence electrons. The van der Waals surface area contributed by atoms with Gasteiger partial charge in [0, 0.05) is 11.1 Å². The highest BCUT2D eigenvalue weighted by molar-refractivity contribution is 5.97. The number of carbonyl (C=O) groups is 2. The molecule has 0 aliphatic heterocycles. The first-order valence-electron chi connectivity index (χ1n) is 4.69. The first-order valence-corrected chi connectivity index (χ1v) is 4.69. The molecule has 15 heavy (non-hydrogen) atoms. The Balaban J connectivity index is 2.71. The monoisotopic (exact) mass is 206 g/mol. The van der Waals surface area contributed by atoms with E-state index in [-0.39, 0.29) is 11.7 Å². The van der Waals surface area contributed by atoms with Crippen molar-refractivity contribution in [2.45, 2.75) is 6.92 Å². The van der Waals surface area contributed by atoms with E-state index in [1.807, 2.05) is 0 Å². The predicted octanol–water partition coefficient (Wildman–Crippen LogP) is 0.796. The van der Waals surface area contributed by atoms with Crippen molar-refractivity contribution >= 4 is 11.7 Å². The largest absolute Gasteiger partial charge is 0.339 e. The van der Waals surface area contributed by atoms with Crippen LogP contribution < -0.4 is 10.6 Å². The van der Waals surface area contributed by atoms with Crippen LogP contribution in [0, 0.1) is 0 Å². The topological polar surface area (TPSA) is 58.2 Å². The molecule has 0 aliphatic carbocycles. The Kier molecular flexibility index (Phi) is 4.00. The number of benzene rings is 1. The SMILES string of the molecule is CNCNC(=O)c1ccc(C(C)=O)cc1. The standard InChI is InChI=1S/C11H14N2O2/c1-8(14)9-3-5-10(6-4-9)11(15)13-7-12-2/h3-6,12H,7H2,1-2H3,(H,13,15). The molecule has 0 spiro atoms. The zero-order valence-electron chi connectivity index (χ0n) is 8.83. The summed E-state index contributed by atoms with van der Waals surface area (Å²) in [6.07, 6.45) is 0. The highest BCUT2D eigenvalue weighted by Gasteiger charge is 2.05. The van der Waals surface area contributed by atoms with Crippen LogP contribution in [-0.4, -0.2) is 25.4 Å². The Morgan fingerprint density at radius 3 is 2.13 bits per heavy atom. The summed E-state index contributed by atoms with van der Waals surface area (Å²) in [5.74, 6) is -0.156. The van der Waals surface area contributed by atoms with Crippen LogP contribution in [0.15, 0.2) is 24.3 Å². The van der Waals surface area contributed by atoms with Gasteiger partial charge in [-0.05, 0) is 26.1 Å². The number of nitrogens with one attached hydrogen (secondary N) is 2. The summed E-state index contributed by atoms with van der Waals surface area (Å²) in [7, 11) is 1.75. The molecule has 2 N–H and O–H groups in total. The molecule has 0 unspecified atom stereocenters. The van der Waals surface area contributed by atoms with Gasteiger partial charge in [-0.2, -0.15) is 0 Å². The summed E-state index contributed by atoms with van der Waals surface area (Å²) in [6, 6.07) is 6.58. The van der Waals surface area contributed by atoms with Gasteiger partial charge >= 0.3 is 0 Å². The third-order valence-electron chi connectivity index (χ3n) is 1.98. The van der Waals surface area contributed by atoms with Crippen molar-refractivity contribution < 1.29 is 9.59 Å². The molecular weight excluding hydrogens is 192 g/mol. The van der Waals surface area contributed by atoms with Crippen molar-refractivity contribution in [1.29, 1.82) is 0 Å². The second-order valence-corrected chi connectivity index (χ2v) is 3.17. The fraction of sp³-hybridized carbons (Fsp3) is 0.273. The smallest absolute Gasteiger partial charge is 0.252 e. The number of rotatable bonds is 4. The number of ketones is 1. The highest BCUT2D eigenvalue weighted by atomic mass is 16.1. The normalized spacial score (nSPS) is 9.73. The van der Waals surface area contributed by atoms with E-state index in [4.69, 9.17) is 0 Å². The molecule has 0 radical (unpaired) electrons. The summed E-state index contributed by atoms with van der Waals surface area (Å²) >= 11 is 0. The Bertz CT molecular complexity index is 357. The molecule has 0 saturated heterocycles. The van der Waals surface area contributed by atoms with Gasteiger partial charge < -0.3 is 10.6 Å². The summed E-state index contributed by atoms with van der Waals surface area (Å²) in [5, 5.41) is 5.47. The van der Waals surface area contributed by atoms with E-state index in [2.05, 4.69) is 10.6 Å². The number of hydrogen-bond donors (Lipinski definition) is 2. The molecule has 1 rings (SSSR count). The van der Waals surface area contributed by atoms with E-state index >= 15 is 0 Å². The molecule has 1 amide bonds. The fourth-order valence-electron chi connectivity index (χ4n) is 1.13. The average Bonchev–Trinajstić information content (AvgIpc) is 2.26. The van der Waals surface area contributed by atoms with Crippen LogP contribution in [0.25, 0.3) is 0 Å². The Hall–Kier alpha value is -1.68. The zero-order valence-corrected chi connectivity index (χ0v) is 8.83. The van der Waals surface area contributed by atoms with E-state index in [0.717, 1.165) is 0 Å². The molecule has 0 aliphatic rings. The van der Waals surface area contributed by atoms with Gasteiger partial charge in [0.15, 0.2) is 5.78 Å². The van der Waals surface area contributed by atoms with Gasteiger partial charge in [-0.15, -0.1) is 0 Å². The lowest BCUT2D eigenvalue weighted by Crippen LogP contribution is -2.31. The summed E-state index contributed by atoms with van der Waals surface area (Å²) in [6.45, 7) is 1.92. The number of Topliss-reactive ketones (excluding diaryl/α,β-unsaturated/α-hetero) is 1. The summed E-state index contributed by atoms with van der Waals surface area (Å²) in [5.41, 5.74) is 1.16. The maximum atomic E-state index is 11.4. The quantitative estimate of drug-likeness (QED) is 0.566. The first-order chi connectivity index (χ1) is 7.15. The van der Waals surface area contributed by atoms with Crippen LogP contribution in [0.1, 0.15) is 27.6 Å². The van der Waals surface area contributed by atoms with Crippen LogP contribution in [0.2, 0.25) is 0 Å². The van der Waals surface area contributed by atoms with Crippen LogP contribution in [-0.2, 0) is 0 Å². The summed E-state index contributed by atoms with van der Waals surface area (Å²) < 4.78 is 0.